The van der Waals surface area contributed by atoms with E-state index in [0.29, 0.717) is 12.3 Å². The van der Waals surface area contributed by atoms with E-state index in [-0.39, 0.29) is 17.3 Å². The molecule has 0 bridgehead atoms. The molecule has 7 heteroatoms. The predicted octanol–water partition coefficient (Wildman–Crippen LogP) is 2.76. The van der Waals surface area contributed by atoms with Crippen LogP contribution in [0.25, 0.3) is 0 Å². The van der Waals surface area contributed by atoms with Gasteiger partial charge in [-0.05, 0) is 53.8 Å². The van der Waals surface area contributed by atoms with E-state index in [9.17, 15) is 13.2 Å². The Hall–Kier alpha value is -2.38. The third-order valence-corrected chi connectivity index (χ3v) is 6.49. The number of hydrogen-bond donors (Lipinski definition) is 1. The number of ether oxygens (including phenoxy) is 1. The maximum absolute atomic E-state index is 12.6. The molecule has 0 saturated heterocycles. The molecule has 152 valence electrons. The van der Waals surface area contributed by atoms with Crippen LogP contribution in [0.5, 0.6) is 5.75 Å². The minimum Gasteiger partial charge on any atom is -0.497 e. The molecule has 1 amide bonds. The number of rotatable bonds is 9. The smallest absolute Gasteiger partial charge is 0.243 e. The van der Waals surface area contributed by atoms with E-state index in [1.54, 1.807) is 12.1 Å². The van der Waals surface area contributed by atoms with Gasteiger partial charge in [0.05, 0.1) is 18.6 Å². The maximum Gasteiger partial charge on any atom is 0.243 e. The van der Waals surface area contributed by atoms with Crippen LogP contribution in [0.4, 0.5) is 0 Å². The number of carbonyl (C=O) groups excluding carboxylic acids is 1. The van der Waals surface area contributed by atoms with E-state index in [1.807, 2.05) is 0 Å². The number of methoxy groups -OCH3 is 1. The molecule has 0 fully saturated rings. The Bertz CT molecular complexity index is 909. The first kappa shape index (κ1) is 21.9. The van der Waals surface area contributed by atoms with Crippen molar-refractivity contribution in [3.63, 3.8) is 0 Å². The summed E-state index contributed by atoms with van der Waals surface area (Å²) in [6.45, 7) is 4.29. The van der Waals surface area contributed by atoms with Crippen molar-refractivity contribution in [3.8, 4) is 5.75 Å². The molecule has 28 heavy (non-hydrogen) atoms. The zero-order chi connectivity index (χ0) is 20.7. The van der Waals surface area contributed by atoms with Crippen molar-refractivity contribution in [2.24, 2.45) is 0 Å². The van der Waals surface area contributed by atoms with Gasteiger partial charge in [-0.3, -0.25) is 4.79 Å². The number of hydrogen-bond acceptors (Lipinski definition) is 4. The minimum atomic E-state index is -3.75. The lowest BCUT2D eigenvalue weighted by molar-refractivity contribution is -0.121. The molecule has 1 N–H and O–H groups in total. The lowest BCUT2D eigenvalue weighted by Crippen LogP contribution is -2.38. The summed E-state index contributed by atoms with van der Waals surface area (Å²) in [4.78, 5) is 12.4. The molecule has 0 saturated carbocycles. The quantitative estimate of drug-likeness (QED) is 0.697. The molecule has 0 radical (unpaired) electrons. The van der Waals surface area contributed by atoms with Gasteiger partial charge in [0, 0.05) is 13.6 Å². The molecule has 6 nitrogen and oxygen atoms in total. The molecule has 0 aliphatic rings. The van der Waals surface area contributed by atoms with Crippen LogP contribution in [0.2, 0.25) is 0 Å². The van der Waals surface area contributed by atoms with Gasteiger partial charge < -0.3 is 10.1 Å². The number of benzene rings is 2. The fourth-order valence-corrected chi connectivity index (χ4v) is 4.00. The van der Waals surface area contributed by atoms with Crippen molar-refractivity contribution in [2.75, 3.05) is 20.7 Å². The number of nitrogens with one attached hydrogen (secondary N) is 1. The van der Waals surface area contributed by atoms with Crippen LogP contribution in [0.1, 0.15) is 30.5 Å². The monoisotopic (exact) mass is 404 g/mol. The lowest BCUT2D eigenvalue weighted by atomic mass is 10.0. The van der Waals surface area contributed by atoms with Crippen molar-refractivity contribution in [1.82, 2.24) is 9.62 Å². The van der Waals surface area contributed by atoms with E-state index < -0.39 is 10.0 Å². The van der Waals surface area contributed by atoms with Gasteiger partial charge in [0.2, 0.25) is 15.9 Å². The third kappa shape index (κ3) is 5.33. The Balaban J connectivity index is 2.02. The summed E-state index contributed by atoms with van der Waals surface area (Å²) in [5.41, 5.74) is 3.45. The first-order valence-electron chi connectivity index (χ1n) is 9.29. The van der Waals surface area contributed by atoms with Crippen molar-refractivity contribution in [1.29, 1.82) is 0 Å². The van der Waals surface area contributed by atoms with Crippen LogP contribution in [-0.4, -0.2) is 39.3 Å². The summed E-state index contributed by atoms with van der Waals surface area (Å²) in [5, 5.41) is 2.83. The second-order valence-corrected chi connectivity index (χ2v) is 8.57. The number of sulfonamides is 1. The van der Waals surface area contributed by atoms with Crippen LogP contribution in [0.3, 0.4) is 0 Å². The van der Waals surface area contributed by atoms with Gasteiger partial charge in [0.25, 0.3) is 0 Å². The van der Waals surface area contributed by atoms with Crippen molar-refractivity contribution in [2.45, 2.75) is 38.1 Å². The highest BCUT2D eigenvalue weighted by Crippen LogP contribution is 2.18. The summed E-state index contributed by atoms with van der Waals surface area (Å²) in [5.74, 6) is 0.226. The number of nitrogens with zero attached hydrogens (tertiary/aromatic N) is 1. The largest absolute Gasteiger partial charge is 0.497 e. The van der Waals surface area contributed by atoms with Gasteiger partial charge in [-0.25, -0.2) is 8.42 Å². The average molecular weight is 405 g/mol. The fourth-order valence-electron chi connectivity index (χ4n) is 2.87. The molecule has 2 aromatic carbocycles. The predicted molar refractivity (Wildman–Crippen MR) is 110 cm³/mol. The molecule has 0 heterocycles. The molecule has 0 unspecified atom stereocenters. The maximum atomic E-state index is 12.6. The SMILES string of the molecule is CCc1ccc(CC)c(CNC(=O)CN(C)S(=O)(=O)c2ccc(OC)cc2)c1. The van der Waals surface area contributed by atoms with Crippen molar-refractivity contribution in [3.05, 3.63) is 59.2 Å². The van der Waals surface area contributed by atoms with E-state index in [2.05, 4.69) is 37.4 Å². The zero-order valence-corrected chi connectivity index (χ0v) is 17.7. The van der Waals surface area contributed by atoms with Crippen molar-refractivity contribution < 1.29 is 17.9 Å². The highest BCUT2D eigenvalue weighted by molar-refractivity contribution is 7.89. The van der Waals surface area contributed by atoms with Crippen LogP contribution < -0.4 is 10.1 Å². The molecule has 0 atom stereocenters. The van der Waals surface area contributed by atoms with Crippen LogP contribution in [-0.2, 0) is 34.2 Å². The van der Waals surface area contributed by atoms with E-state index in [4.69, 9.17) is 4.74 Å². The highest BCUT2D eigenvalue weighted by atomic mass is 32.2. The molecular weight excluding hydrogens is 376 g/mol. The van der Waals surface area contributed by atoms with E-state index >= 15 is 0 Å². The first-order chi connectivity index (χ1) is 13.3. The fraction of sp³-hybridized carbons (Fsp3) is 0.381. The van der Waals surface area contributed by atoms with Gasteiger partial charge >= 0.3 is 0 Å². The zero-order valence-electron chi connectivity index (χ0n) is 16.9. The first-order valence-corrected chi connectivity index (χ1v) is 10.7. The van der Waals surface area contributed by atoms with E-state index in [0.717, 1.165) is 22.7 Å². The summed E-state index contributed by atoms with van der Waals surface area (Å²) < 4.78 is 31.4. The minimum absolute atomic E-state index is 0.118. The molecular formula is C21H28N2O4S. The normalized spacial score (nSPS) is 11.5. The number of aryl methyl sites for hydroxylation is 2. The van der Waals surface area contributed by atoms with Gasteiger partial charge in [-0.1, -0.05) is 32.0 Å². The van der Waals surface area contributed by atoms with Gasteiger partial charge in [-0.2, -0.15) is 4.31 Å². The second kappa shape index (κ2) is 9.71. The summed E-state index contributed by atoms with van der Waals surface area (Å²) in [6, 6.07) is 12.4. The Morgan fingerprint density at radius 3 is 2.29 bits per heavy atom. The standard InChI is InChI=1S/C21H28N2O4S/c1-5-16-7-8-17(6-2)18(13-16)14-22-21(24)15-23(3)28(25,26)20-11-9-19(27-4)10-12-20/h7-13H,5-6,14-15H2,1-4H3,(H,22,24). The van der Waals surface area contributed by atoms with Crippen LogP contribution in [0.15, 0.2) is 47.4 Å². The van der Waals surface area contributed by atoms with Crippen LogP contribution >= 0.6 is 0 Å². The third-order valence-electron chi connectivity index (χ3n) is 4.67. The molecule has 0 spiro atoms. The van der Waals surface area contributed by atoms with Crippen LogP contribution in [0, 0.1) is 0 Å². The number of likely N-dealkylation sites (N-methyl/N-ethyl adjacent to an activating group) is 1. The molecule has 0 aromatic heterocycles. The topological polar surface area (TPSA) is 75.7 Å². The Labute approximate surface area is 167 Å². The van der Waals surface area contributed by atoms with Crippen molar-refractivity contribution >= 4 is 15.9 Å². The summed E-state index contributed by atoms with van der Waals surface area (Å²) in [6.07, 6.45) is 1.80. The average Bonchev–Trinajstić information content (AvgIpc) is 2.71. The number of carbonyl (C=O) groups is 1. The van der Waals surface area contributed by atoms with Gasteiger partial charge in [-0.15, -0.1) is 0 Å². The Kier molecular flexibility index (Phi) is 7.60. The van der Waals surface area contributed by atoms with Gasteiger partial charge in [0.1, 0.15) is 5.75 Å². The summed E-state index contributed by atoms with van der Waals surface area (Å²) in [7, 11) is -0.837. The Morgan fingerprint density at radius 2 is 1.71 bits per heavy atom. The lowest BCUT2D eigenvalue weighted by Gasteiger charge is -2.17. The molecule has 0 aliphatic heterocycles. The molecule has 2 rings (SSSR count). The highest BCUT2D eigenvalue weighted by Gasteiger charge is 2.23. The molecule has 0 aliphatic carbocycles. The number of amides is 1. The Morgan fingerprint density at radius 1 is 1.04 bits per heavy atom. The molecule has 2 aromatic rings. The summed E-state index contributed by atoms with van der Waals surface area (Å²) >= 11 is 0. The second-order valence-electron chi connectivity index (χ2n) is 6.52. The van der Waals surface area contributed by atoms with E-state index in [1.165, 1.54) is 37.4 Å². The van der Waals surface area contributed by atoms with Gasteiger partial charge in [0.15, 0.2) is 0 Å².